The molecule has 6 heteroatoms. The minimum atomic E-state index is -3.42. The van der Waals surface area contributed by atoms with Crippen molar-refractivity contribution in [3.05, 3.63) is 29.8 Å². The van der Waals surface area contributed by atoms with Crippen LogP contribution in [-0.4, -0.2) is 21.5 Å². The van der Waals surface area contributed by atoms with Crippen molar-refractivity contribution in [2.45, 2.75) is 25.4 Å². The molecule has 0 aromatic heterocycles. The van der Waals surface area contributed by atoms with Crippen LogP contribution < -0.4 is 14.8 Å². The summed E-state index contributed by atoms with van der Waals surface area (Å²) in [5, 5.41) is 0. The highest BCUT2D eigenvalue weighted by atomic mass is 32.2. The van der Waals surface area contributed by atoms with Gasteiger partial charge in [-0.2, -0.15) is 8.42 Å². The molecule has 94 valence electrons. The van der Waals surface area contributed by atoms with Gasteiger partial charge in [0.05, 0.1) is 5.69 Å². The summed E-state index contributed by atoms with van der Waals surface area (Å²) in [7, 11) is -1.99. The molecule has 1 aromatic carbocycles. The van der Waals surface area contributed by atoms with Crippen LogP contribution in [0.15, 0.2) is 24.3 Å². The molecule has 0 bridgehead atoms. The van der Waals surface area contributed by atoms with Gasteiger partial charge in [0.25, 0.3) is 0 Å². The molecule has 0 radical (unpaired) electrons. The molecule has 0 unspecified atom stereocenters. The van der Waals surface area contributed by atoms with Gasteiger partial charge in [-0.25, -0.2) is 4.72 Å². The van der Waals surface area contributed by atoms with Crippen LogP contribution in [0.3, 0.4) is 0 Å². The number of hydrogen-bond acceptors (Lipinski definition) is 3. The van der Waals surface area contributed by atoms with Crippen LogP contribution in [0, 0.1) is 0 Å². The van der Waals surface area contributed by atoms with Crippen LogP contribution in [0.4, 0.5) is 5.69 Å². The molecule has 0 aliphatic heterocycles. The van der Waals surface area contributed by atoms with E-state index in [9.17, 15) is 8.42 Å². The predicted octanol–water partition coefficient (Wildman–Crippen LogP) is 0.578. The highest BCUT2D eigenvalue weighted by Gasteiger charge is 2.36. The van der Waals surface area contributed by atoms with Crippen molar-refractivity contribution in [2.24, 2.45) is 5.73 Å². The monoisotopic (exact) mass is 255 g/mol. The smallest absolute Gasteiger partial charge is 0.301 e. The predicted molar refractivity (Wildman–Crippen MR) is 67.8 cm³/mol. The third kappa shape index (κ3) is 2.59. The van der Waals surface area contributed by atoms with Crippen molar-refractivity contribution < 1.29 is 8.42 Å². The number of nitrogens with one attached hydrogen (secondary N) is 1. The van der Waals surface area contributed by atoms with E-state index in [-0.39, 0.29) is 6.04 Å². The highest BCUT2D eigenvalue weighted by molar-refractivity contribution is 7.90. The Morgan fingerprint density at radius 3 is 2.35 bits per heavy atom. The zero-order chi connectivity index (χ0) is 12.5. The Bertz CT molecular complexity index is 480. The maximum absolute atomic E-state index is 11.9. The quantitative estimate of drug-likeness (QED) is 0.808. The Labute approximate surface area is 102 Å². The molecule has 0 spiro atoms. The van der Waals surface area contributed by atoms with Crippen molar-refractivity contribution in [1.82, 2.24) is 4.72 Å². The van der Waals surface area contributed by atoms with Gasteiger partial charge in [0, 0.05) is 19.6 Å². The lowest BCUT2D eigenvalue weighted by molar-refractivity contribution is 0.582. The first-order valence-corrected chi connectivity index (χ1v) is 7.04. The highest BCUT2D eigenvalue weighted by Crippen LogP contribution is 2.33. The van der Waals surface area contributed by atoms with E-state index in [0.717, 1.165) is 18.4 Å². The number of anilines is 1. The van der Waals surface area contributed by atoms with E-state index in [0.29, 0.717) is 12.2 Å². The van der Waals surface area contributed by atoms with Gasteiger partial charge < -0.3 is 5.73 Å². The average molecular weight is 255 g/mol. The van der Waals surface area contributed by atoms with Crippen LogP contribution in [0.25, 0.3) is 0 Å². The SMILES string of the molecule is CNS(=O)(=O)N(c1ccc(CN)cc1)C1CC1. The zero-order valence-corrected chi connectivity index (χ0v) is 10.6. The van der Waals surface area contributed by atoms with Gasteiger partial charge in [-0.3, -0.25) is 4.31 Å². The Morgan fingerprint density at radius 2 is 1.94 bits per heavy atom. The van der Waals surface area contributed by atoms with E-state index in [1.165, 1.54) is 11.4 Å². The lowest BCUT2D eigenvalue weighted by Gasteiger charge is -2.23. The number of nitrogens with zero attached hydrogens (tertiary/aromatic N) is 1. The summed E-state index contributed by atoms with van der Waals surface area (Å²) in [5.74, 6) is 0. The van der Waals surface area contributed by atoms with E-state index in [1.54, 1.807) is 12.1 Å². The van der Waals surface area contributed by atoms with E-state index in [2.05, 4.69) is 4.72 Å². The van der Waals surface area contributed by atoms with Crippen molar-refractivity contribution in [3.8, 4) is 0 Å². The molecular weight excluding hydrogens is 238 g/mol. The first kappa shape index (κ1) is 12.3. The molecular formula is C11H17N3O2S. The topological polar surface area (TPSA) is 75.4 Å². The summed E-state index contributed by atoms with van der Waals surface area (Å²) in [5.41, 5.74) is 7.20. The minimum absolute atomic E-state index is 0.0937. The molecule has 1 fully saturated rings. The maximum Gasteiger partial charge on any atom is 0.301 e. The largest absolute Gasteiger partial charge is 0.326 e. The van der Waals surface area contributed by atoms with E-state index in [4.69, 9.17) is 5.73 Å². The summed E-state index contributed by atoms with van der Waals surface area (Å²) in [6, 6.07) is 7.41. The summed E-state index contributed by atoms with van der Waals surface area (Å²) in [4.78, 5) is 0. The van der Waals surface area contributed by atoms with Gasteiger partial charge in [-0.1, -0.05) is 12.1 Å². The molecule has 0 heterocycles. The molecule has 17 heavy (non-hydrogen) atoms. The number of benzene rings is 1. The van der Waals surface area contributed by atoms with E-state index in [1.807, 2.05) is 12.1 Å². The Balaban J connectivity index is 2.33. The number of hydrogen-bond donors (Lipinski definition) is 2. The number of rotatable bonds is 5. The number of nitrogens with two attached hydrogens (primary N) is 1. The molecule has 1 saturated carbocycles. The third-order valence-corrected chi connectivity index (χ3v) is 4.36. The first-order chi connectivity index (χ1) is 8.08. The van der Waals surface area contributed by atoms with Gasteiger partial charge in [-0.05, 0) is 30.5 Å². The molecule has 2 rings (SSSR count). The van der Waals surface area contributed by atoms with Crippen LogP contribution in [0.5, 0.6) is 0 Å². The summed E-state index contributed by atoms with van der Waals surface area (Å²) in [6.07, 6.45) is 1.83. The summed E-state index contributed by atoms with van der Waals surface area (Å²) in [6.45, 7) is 0.461. The molecule has 1 aromatic rings. The molecule has 0 saturated heterocycles. The summed E-state index contributed by atoms with van der Waals surface area (Å²) < 4.78 is 27.7. The van der Waals surface area contributed by atoms with Crippen LogP contribution >= 0.6 is 0 Å². The second-order valence-electron chi connectivity index (χ2n) is 4.11. The molecule has 5 nitrogen and oxygen atoms in total. The second kappa shape index (κ2) is 4.64. The Morgan fingerprint density at radius 1 is 1.35 bits per heavy atom. The molecule has 0 amide bonds. The van der Waals surface area contributed by atoms with Crippen LogP contribution in [-0.2, 0) is 16.8 Å². The minimum Gasteiger partial charge on any atom is -0.326 e. The summed E-state index contributed by atoms with van der Waals surface area (Å²) >= 11 is 0. The molecule has 0 atom stereocenters. The fraction of sp³-hybridized carbons (Fsp3) is 0.455. The standard InChI is InChI=1S/C11H17N3O2S/c1-13-17(15,16)14(11-6-7-11)10-4-2-9(8-12)3-5-10/h2-5,11,13H,6-8,12H2,1H3. The normalized spacial score (nSPS) is 15.9. The van der Waals surface area contributed by atoms with Crippen molar-refractivity contribution in [2.75, 3.05) is 11.4 Å². The molecule has 1 aliphatic rings. The Kier molecular flexibility index (Phi) is 3.37. The van der Waals surface area contributed by atoms with E-state index >= 15 is 0 Å². The molecule has 1 aliphatic carbocycles. The third-order valence-electron chi connectivity index (χ3n) is 2.82. The van der Waals surface area contributed by atoms with Gasteiger partial charge in [0.1, 0.15) is 0 Å². The van der Waals surface area contributed by atoms with Crippen molar-refractivity contribution in [3.63, 3.8) is 0 Å². The van der Waals surface area contributed by atoms with Crippen LogP contribution in [0.2, 0.25) is 0 Å². The van der Waals surface area contributed by atoms with Gasteiger partial charge >= 0.3 is 10.2 Å². The van der Waals surface area contributed by atoms with Crippen molar-refractivity contribution in [1.29, 1.82) is 0 Å². The van der Waals surface area contributed by atoms with Crippen LogP contribution in [0.1, 0.15) is 18.4 Å². The second-order valence-corrected chi connectivity index (χ2v) is 5.86. The lowest BCUT2D eigenvalue weighted by atomic mass is 10.2. The van der Waals surface area contributed by atoms with E-state index < -0.39 is 10.2 Å². The molecule has 3 N–H and O–H groups in total. The fourth-order valence-electron chi connectivity index (χ4n) is 1.73. The van der Waals surface area contributed by atoms with Gasteiger partial charge in [0.2, 0.25) is 0 Å². The van der Waals surface area contributed by atoms with Crippen molar-refractivity contribution >= 4 is 15.9 Å². The Hall–Kier alpha value is -1.11. The average Bonchev–Trinajstić information content (AvgIpc) is 3.14. The fourth-order valence-corrected chi connectivity index (χ4v) is 2.93. The maximum atomic E-state index is 11.9. The lowest BCUT2D eigenvalue weighted by Crippen LogP contribution is -2.40. The zero-order valence-electron chi connectivity index (χ0n) is 9.76. The first-order valence-electron chi connectivity index (χ1n) is 5.60. The van der Waals surface area contributed by atoms with Gasteiger partial charge in [0.15, 0.2) is 0 Å². The van der Waals surface area contributed by atoms with Gasteiger partial charge in [-0.15, -0.1) is 0 Å².